The minimum Gasteiger partial charge on any atom is -0.399 e. The van der Waals surface area contributed by atoms with E-state index in [1.807, 2.05) is 0 Å². The van der Waals surface area contributed by atoms with Crippen molar-refractivity contribution in [3.63, 3.8) is 0 Å². The maximum absolute atomic E-state index is 12.8. The van der Waals surface area contributed by atoms with Gasteiger partial charge in [0.15, 0.2) is 0 Å². The van der Waals surface area contributed by atoms with Crippen LogP contribution in [0.15, 0.2) is 36.5 Å². The zero-order valence-corrected chi connectivity index (χ0v) is 9.00. The number of hydrogen-bond donors (Lipinski definition) is 2. The number of nitrogens with zero attached hydrogens (tertiary/aromatic N) is 1. The number of hydrogen-bond acceptors (Lipinski definition) is 3. The molecular formula is C11H9ClFN3. The second kappa shape index (κ2) is 4.37. The van der Waals surface area contributed by atoms with Crippen LogP contribution in [0.25, 0.3) is 0 Å². The first-order valence-corrected chi connectivity index (χ1v) is 4.96. The predicted octanol–water partition coefficient (Wildman–Crippen LogP) is 3.20. The molecule has 3 N–H and O–H groups in total. The Morgan fingerprint density at radius 3 is 2.75 bits per heavy atom. The first-order chi connectivity index (χ1) is 7.65. The van der Waals surface area contributed by atoms with E-state index in [1.165, 1.54) is 12.1 Å². The Hall–Kier alpha value is -1.81. The molecule has 0 spiro atoms. The lowest BCUT2D eigenvalue weighted by molar-refractivity contribution is 0.628. The molecule has 0 aliphatic heterocycles. The Morgan fingerprint density at radius 2 is 2.06 bits per heavy atom. The fourth-order valence-electron chi connectivity index (χ4n) is 1.24. The second-order valence-corrected chi connectivity index (χ2v) is 3.63. The van der Waals surface area contributed by atoms with Gasteiger partial charge in [0.1, 0.15) is 11.6 Å². The number of nitrogen functional groups attached to an aromatic ring is 1. The van der Waals surface area contributed by atoms with Crippen LogP contribution in [0, 0.1) is 5.82 Å². The van der Waals surface area contributed by atoms with E-state index < -0.39 is 0 Å². The third-order valence-corrected chi connectivity index (χ3v) is 2.29. The topological polar surface area (TPSA) is 50.9 Å². The molecule has 3 nitrogen and oxygen atoms in total. The third-order valence-electron chi connectivity index (χ3n) is 1.98. The lowest BCUT2D eigenvalue weighted by Crippen LogP contribution is -1.95. The highest BCUT2D eigenvalue weighted by atomic mass is 35.5. The summed E-state index contributed by atoms with van der Waals surface area (Å²) in [7, 11) is 0. The van der Waals surface area contributed by atoms with Gasteiger partial charge < -0.3 is 11.1 Å². The van der Waals surface area contributed by atoms with E-state index in [1.54, 1.807) is 24.4 Å². The zero-order chi connectivity index (χ0) is 11.5. The molecule has 2 rings (SSSR count). The lowest BCUT2D eigenvalue weighted by atomic mass is 10.3. The molecule has 0 aliphatic rings. The van der Waals surface area contributed by atoms with E-state index in [-0.39, 0.29) is 5.82 Å². The SMILES string of the molecule is Nc1ccnc(Nc2ccc(F)cc2Cl)c1. The van der Waals surface area contributed by atoms with E-state index in [0.717, 1.165) is 0 Å². The molecule has 1 heterocycles. The van der Waals surface area contributed by atoms with Gasteiger partial charge >= 0.3 is 0 Å². The average molecular weight is 238 g/mol. The molecule has 1 aromatic carbocycles. The van der Waals surface area contributed by atoms with Gasteiger partial charge in [-0.1, -0.05) is 11.6 Å². The molecule has 0 saturated carbocycles. The second-order valence-electron chi connectivity index (χ2n) is 3.22. The van der Waals surface area contributed by atoms with Crippen molar-refractivity contribution in [1.29, 1.82) is 0 Å². The molecule has 0 fully saturated rings. The molecule has 0 amide bonds. The molecule has 5 heteroatoms. The number of anilines is 3. The van der Waals surface area contributed by atoms with Crippen LogP contribution in [0.5, 0.6) is 0 Å². The summed E-state index contributed by atoms with van der Waals surface area (Å²) in [5.74, 6) is 0.185. The first kappa shape index (κ1) is 10.7. The van der Waals surface area contributed by atoms with Gasteiger partial charge in [0.25, 0.3) is 0 Å². The number of halogens is 2. The molecule has 16 heavy (non-hydrogen) atoms. The number of rotatable bonds is 2. The van der Waals surface area contributed by atoms with Gasteiger partial charge in [0, 0.05) is 18.0 Å². The van der Waals surface area contributed by atoms with Gasteiger partial charge in [-0.3, -0.25) is 0 Å². The summed E-state index contributed by atoms with van der Waals surface area (Å²) in [6.45, 7) is 0. The van der Waals surface area contributed by atoms with Gasteiger partial charge in [0.05, 0.1) is 10.7 Å². The van der Waals surface area contributed by atoms with Crippen molar-refractivity contribution in [2.24, 2.45) is 0 Å². The largest absolute Gasteiger partial charge is 0.399 e. The van der Waals surface area contributed by atoms with Crippen LogP contribution in [0.4, 0.5) is 21.6 Å². The Balaban J connectivity index is 2.27. The van der Waals surface area contributed by atoms with Crippen LogP contribution in [0.1, 0.15) is 0 Å². The highest BCUT2D eigenvalue weighted by molar-refractivity contribution is 6.33. The van der Waals surface area contributed by atoms with Crippen molar-refractivity contribution in [2.45, 2.75) is 0 Å². The molecule has 0 radical (unpaired) electrons. The van der Waals surface area contributed by atoms with E-state index in [0.29, 0.717) is 22.2 Å². The summed E-state index contributed by atoms with van der Waals surface area (Å²) in [5.41, 5.74) is 6.78. The number of aromatic nitrogens is 1. The Morgan fingerprint density at radius 1 is 1.25 bits per heavy atom. The molecule has 1 aromatic heterocycles. The summed E-state index contributed by atoms with van der Waals surface area (Å²) in [6, 6.07) is 7.44. The van der Waals surface area contributed by atoms with Crippen molar-refractivity contribution in [3.8, 4) is 0 Å². The molecule has 0 aliphatic carbocycles. The summed E-state index contributed by atoms with van der Waals surface area (Å²) in [4.78, 5) is 4.05. The van der Waals surface area contributed by atoms with Gasteiger partial charge in [-0.15, -0.1) is 0 Å². The standard InChI is InChI=1S/C11H9ClFN3/c12-9-5-7(13)1-2-10(9)16-11-6-8(14)3-4-15-11/h1-6H,(H3,14,15,16). The Labute approximate surface area is 97.1 Å². The average Bonchev–Trinajstić information content (AvgIpc) is 2.22. The molecule has 0 unspecified atom stereocenters. The maximum atomic E-state index is 12.8. The summed E-state index contributed by atoms with van der Waals surface area (Å²) in [5, 5.41) is 3.25. The van der Waals surface area contributed by atoms with E-state index in [9.17, 15) is 4.39 Å². The van der Waals surface area contributed by atoms with Crippen molar-refractivity contribution in [2.75, 3.05) is 11.1 Å². The summed E-state index contributed by atoms with van der Waals surface area (Å²) >= 11 is 5.86. The summed E-state index contributed by atoms with van der Waals surface area (Å²) < 4.78 is 12.8. The van der Waals surface area contributed by atoms with Crippen molar-refractivity contribution in [3.05, 3.63) is 47.4 Å². The third kappa shape index (κ3) is 2.41. The number of pyridine rings is 1. The predicted molar refractivity (Wildman–Crippen MR) is 63.3 cm³/mol. The highest BCUT2D eigenvalue weighted by Crippen LogP contribution is 2.25. The van der Waals surface area contributed by atoms with Crippen LogP contribution in [0.3, 0.4) is 0 Å². The van der Waals surface area contributed by atoms with Gasteiger partial charge in [-0.2, -0.15) is 0 Å². The van der Waals surface area contributed by atoms with Crippen molar-refractivity contribution in [1.82, 2.24) is 4.98 Å². The maximum Gasteiger partial charge on any atom is 0.132 e. The van der Waals surface area contributed by atoms with Crippen LogP contribution < -0.4 is 11.1 Å². The smallest absolute Gasteiger partial charge is 0.132 e. The minimum atomic E-state index is -0.379. The van der Waals surface area contributed by atoms with E-state index in [2.05, 4.69) is 10.3 Å². The highest BCUT2D eigenvalue weighted by Gasteiger charge is 2.03. The van der Waals surface area contributed by atoms with Crippen LogP contribution in [-0.4, -0.2) is 4.98 Å². The fraction of sp³-hybridized carbons (Fsp3) is 0. The molecular weight excluding hydrogens is 229 g/mol. The van der Waals surface area contributed by atoms with E-state index in [4.69, 9.17) is 17.3 Å². The fourth-order valence-corrected chi connectivity index (χ4v) is 1.46. The number of benzene rings is 1. The van der Waals surface area contributed by atoms with Gasteiger partial charge in [-0.25, -0.2) is 9.37 Å². The minimum absolute atomic E-state index is 0.296. The van der Waals surface area contributed by atoms with Crippen LogP contribution in [0.2, 0.25) is 5.02 Å². The summed E-state index contributed by atoms with van der Waals surface area (Å²) in [6.07, 6.45) is 1.58. The molecule has 82 valence electrons. The Kier molecular flexibility index (Phi) is 2.92. The van der Waals surface area contributed by atoms with Gasteiger partial charge in [-0.05, 0) is 24.3 Å². The zero-order valence-electron chi connectivity index (χ0n) is 8.24. The monoisotopic (exact) mass is 237 g/mol. The van der Waals surface area contributed by atoms with Crippen LogP contribution >= 0.6 is 11.6 Å². The van der Waals surface area contributed by atoms with Crippen molar-refractivity contribution >= 4 is 28.8 Å². The number of nitrogens with one attached hydrogen (secondary N) is 1. The quantitative estimate of drug-likeness (QED) is 0.843. The van der Waals surface area contributed by atoms with Gasteiger partial charge in [0.2, 0.25) is 0 Å². The number of nitrogens with two attached hydrogens (primary N) is 1. The molecule has 0 saturated heterocycles. The van der Waals surface area contributed by atoms with E-state index >= 15 is 0 Å². The molecule has 0 bridgehead atoms. The first-order valence-electron chi connectivity index (χ1n) is 4.59. The lowest BCUT2D eigenvalue weighted by Gasteiger charge is -2.07. The van der Waals surface area contributed by atoms with Crippen molar-refractivity contribution < 1.29 is 4.39 Å². The Bertz CT molecular complexity index is 516. The van der Waals surface area contributed by atoms with Crippen LogP contribution in [-0.2, 0) is 0 Å². The molecule has 0 atom stereocenters. The normalized spacial score (nSPS) is 10.1. The molecule has 2 aromatic rings.